The average Bonchev–Trinajstić information content (AvgIpc) is 2.52. The van der Waals surface area contributed by atoms with Gasteiger partial charge in [-0.2, -0.15) is 10.2 Å². The van der Waals surface area contributed by atoms with E-state index in [4.69, 9.17) is 59.3 Å². The van der Waals surface area contributed by atoms with Gasteiger partial charge in [0.05, 0.1) is 51.4 Å². The smallest absolute Gasteiger partial charge is 0.270 e. The first-order valence-electron chi connectivity index (χ1n) is 27.4. The molecule has 0 radical (unpaired) electrons. The summed E-state index contributed by atoms with van der Waals surface area (Å²) in [6, 6.07) is 35.9. The van der Waals surface area contributed by atoms with E-state index in [2.05, 4.69) is 87.4 Å². The van der Waals surface area contributed by atoms with Crippen LogP contribution in [0, 0.1) is 0 Å². The molecule has 0 fully saturated rings. The minimum Gasteiger partial charge on any atom is -0.447 e. The van der Waals surface area contributed by atoms with Crippen molar-refractivity contribution in [2.45, 2.75) is 12.3 Å². The van der Waals surface area contributed by atoms with Crippen molar-refractivity contribution in [3.63, 3.8) is 0 Å². The molecule has 0 aliphatic carbocycles. The average molecular weight is 1190 g/mol. The van der Waals surface area contributed by atoms with Gasteiger partial charge < -0.3 is 28.9 Å². The number of tetrazole rings is 1. The number of hydrogen-bond donors (Lipinski definition) is 6. The van der Waals surface area contributed by atoms with Gasteiger partial charge in [-0.3, -0.25) is 20.3 Å². The minimum atomic E-state index is -0.991. The van der Waals surface area contributed by atoms with Crippen LogP contribution in [0.3, 0.4) is 0 Å². The second-order valence-corrected chi connectivity index (χ2v) is 21.1. The van der Waals surface area contributed by atoms with Crippen molar-refractivity contribution in [3.8, 4) is 78.7 Å². The number of ether oxygens (including phenoxy) is 2. The number of aromatic amines is 6. The lowest BCUT2D eigenvalue weighted by atomic mass is 9.85. The molecule has 18 rings (SSSR count). The summed E-state index contributed by atoms with van der Waals surface area (Å²) in [5, 5.41) is 71.3. The van der Waals surface area contributed by atoms with E-state index >= 15 is 0 Å². The van der Waals surface area contributed by atoms with Crippen LogP contribution in [0.5, 0.6) is 11.5 Å². The monoisotopic (exact) mass is 1190 g/mol. The Morgan fingerprint density at radius 2 is 1.40 bits per heavy atom. The zero-order valence-electron chi connectivity index (χ0n) is 45.2. The maximum atomic E-state index is 6.52. The van der Waals surface area contributed by atoms with E-state index in [-0.39, 0.29) is 23.0 Å². The highest BCUT2D eigenvalue weighted by Crippen LogP contribution is 2.53. The van der Waals surface area contributed by atoms with Crippen LogP contribution in [0.1, 0.15) is 40.9 Å². The molecular weight excluding hydrogens is 1150 g/mol. The maximum Gasteiger partial charge on any atom is 0.270 e. The van der Waals surface area contributed by atoms with E-state index in [0.29, 0.717) is 101 Å². The van der Waals surface area contributed by atoms with Gasteiger partial charge in [-0.1, -0.05) is 69.5 Å². The summed E-state index contributed by atoms with van der Waals surface area (Å²) >= 11 is 1.06. The Bertz CT molecular complexity index is 5450. The molecule has 6 N–H and O–H groups in total. The van der Waals surface area contributed by atoms with E-state index in [1.54, 1.807) is 49.3 Å². The molecule has 0 saturated heterocycles. The standard InChI is InChI=1S/C59H34N26O3S/c1-3-12-33-27(9-1)42(59-86-38-15-5-6-16-39(38)87-59)45(66-33)30-17-18-36-48(73-80-70-36)40(30)29-11-7-14-35-44(29)68-57(67-35)49-46(60-23-24-61-49)31-19-22-64-72-47(31)54-51(75-84-89-54)53-50(74-83-88-53)52-43(56-76-81-82-77-56)41(37-25-65-79-71-37)32(55-62-20-8-21-63-55)26-85(52)58-28-10-2-4-13-34(28)69-78-58/h1-26,52,59,66H,(H,67,68)(H,69,78)(H,65,71,79)(H,70,73,80)(H,76,77,81,82). The third-order valence-corrected chi connectivity index (χ3v) is 16.3. The molecule has 2 aliphatic heterocycles. The molecule has 0 amide bonds. The van der Waals surface area contributed by atoms with E-state index < -0.39 is 12.3 Å². The van der Waals surface area contributed by atoms with E-state index in [0.717, 1.165) is 61.3 Å². The third-order valence-electron chi connectivity index (χ3n) is 15.6. The number of nitrogens with one attached hydrogen (secondary N) is 6. The fraction of sp³-hybridized carbons (Fsp3) is 0.0339. The highest BCUT2D eigenvalue weighted by molar-refractivity contribution is 7.10. The van der Waals surface area contributed by atoms with Gasteiger partial charge in [0.15, 0.2) is 40.5 Å². The Morgan fingerprint density at radius 3 is 2.26 bits per heavy atom. The van der Waals surface area contributed by atoms with Crippen molar-refractivity contribution in [1.82, 2.24) is 127 Å². The first-order valence-corrected chi connectivity index (χ1v) is 28.1. The Morgan fingerprint density at radius 1 is 0.573 bits per heavy atom. The number of allylic oxidation sites excluding steroid dienone is 2. The summed E-state index contributed by atoms with van der Waals surface area (Å²) in [6.07, 6.45) is 10.8. The maximum absolute atomic E-state index is 6.52. The van der Waals surface area contributed by atoms with Gasteiger partial charge in [-0.05, 0) is 82.6 Å². The summed E-state index contributed by atoms with van der Waals surface area (Å²) in [6.45, 7) is 0. The Labute approximate surface area is 499 Å². The summed E-state index contributed by atoms with van der Waals surface area (Å²) in [4.78, 5) is 34.3. The number of nitrogens with zero attached hydrogens (tertiary/aromatic N) is 20. The van der Waals surface area contributed by atoms with Gasteiger partial charge in [0.1, 0.15) is 39.2 Å². The largest absolute Gasteiger partial charge is 0.447 e. The molecule has 13 heterocycles. The van der Waals surface area contributed by atoms with Gasteiger partial charge in [-0.15, -0.1) is 30.6 Å². The first kappa shape index (κ1) is 49.4. The van der Waals surface area contributed by atoms with E-state index in [1.165, 1.54) is 0 Å². The molecule has 89 heavy (non-hydrogen) atoms. The van der Waals surface area contributed by atoms with Crippen LogP contribution in [0.25, 0.3) is 128 Å². The molecular formula is C59H34N26O3S. The van der Waals surface area contributed by atoms with E-state index in [9.17, 15) is 0 Å². The number of rotatable bonds is 12. The van der Waals surface area contributed by atoms with Crippen LogP contribution in [-0.2, 0) is 0 Å². The fourth-order valence-electron chi connectivity index (χ4n) is 11.9. The number of H-pyrrole nitrogens is 6. The van der Waals surface area contributed by atoms with Gasteiger partial charge in [0.2, 0.25) is 5.76 Å². The van der Waals surface area contributed by atoms with Crippen molar-refractivity contribution >= 4 is 77.9 Å². The fourth-order valence-corrected chi connectivity index (χ4v) is 12.5. The van der Waals surface area contributed by atoms with Crippen LogP contribution in [0.4, 0.5) is 5.82 Å². The molecule has 424 valence electrons. The second kappa shape index (κ2) is 19.8. The van der Waals surface area contributed by atoms with Crippen molar-refractivity contribution in [1.29, 1.82) is 0 Å². The van der Waals surface area contributed by atoms with Crippen molar-refractivity contribution in [3.05, 3.63) is 187 Å². The van der Waals surface area contributed by atoms with Gasteiger partial charge in [-0.25, -0.2) is 25.0 Å². The lowest BCUT2D eigenvalue weighted by Gasteiger charge is -2.35. The van der Waals surface area contributed by atoms with Crippen LogP contribution in [-0.4, -0.2) is 127 Å². The van der Waals surface area contributed by atoms with Crippen LogP contribution >= 0.6 is 11.5 Å². The van der Waals surface area contributed by atoms with Crippen LogP contribution < -0.4 is 14.4 Å². The predicted molar refractivity (Wildman–Crippen MR) is 320 cm³/mol. The Kier molecular flexibility index (Phi) is 11.0. The topological polar surface area (TPSA) is 374 Å². The normalized spacial score (nSPS) is 14.3. The number of anilines is 1. The number of aromatic nitrogens is 25. The zero-order chi connectivity index (χ0) is 58.5. The molecule has 2 aliphatic rings. The molecule has 11 aromatic heterocycles. The molecule has 29 nitrogen and oxygen atoms in total. The number of imidazole rings is 1. The third kappa shape index (κ3) is 7.83. The van der Waals surface area contributed by atoms with Crippen molar-refractivity contribution in [2.24, 2.45) is 0 Å². The predicted octanol–water partition coefficient (Wildman–Crippen LogP) is 9.11. The summed E-state index contributed by atoms with van der Waals surface area (Å²) in [5.74, 6) is 2.95. The highest BCUT2D eigenvalue weighted by Gasteiger charge is 2.43. The van der Waals surface area contributed by atoms with Crippen LogP contribution in [0.15, 0.2) is 163 Å². The number of benzene rings is 5. The zero-order valence-corrected chi connectivity index (χ0v) is 46.1. The summed E-state index contributed by atoms with van der Waals surface area (Å²) in [5.41, 5.74) is 12.6. The molecule has 1 atom stereocenters. The van der Waals surface area contributed by atoms with Gasteiger partial charge >= 0.3 is 0 Å². The van der Waals surface area contributed by atoms with Gasteiger partial charge in [0.25, 0.3) is 6.29 Å². The number of fused-ring (bicyclic) bond motifs is 5. The highest BCUT2D eigenvalue weighted by atomic mass is 32.1. The molecule has 0 spiro atoms. The first-order chi connectivity index (χ1) is 44.2. The molecule has 5 aromatic carbocycles. The molecule has 0 bridgehead atoms. The Balaban J connectivity index is 0.772. The lowest BCUT2D eigenvalue weighted by molar-refractivity contribution is 0.0506. The van der Waals surface area contributed by atoms with Crippen LogP contribution in [0.2, 0.25) is 0 Å². The number of para-hydroxylation sites is 5. The lowest BCUT2D eigenvalue weighted by Crippen LogP contribution is -2.31. The van der Waals surface area contributed by atoms with Crippen molar-refractivity contribution < 1.29 is 14.0 Å². The minimum absolute atomic E-state index is 0.124. The van der Waals surface area contributed by atoms with Crippen molar-refractivity contribution in [2.75, 3.05) is 4.90 Å². The van der Waals surface area contributed by atoms with Gasteiger partial charge in [0, 0.05) is 91.5 Å². The quantitative estimate of drug-likeness (QED) is 0.0663. The summed E-state index contributed by atoms with van der Waals surface area (Å²) < 4.78 is 23.8. The number of hydrogen-bond acceptors (Lipinski definition) is 24. The molecule has 0 saturated carbocycles. The SMILES string of the molecule is C1=C(c2ncccn2)C(c2cnn[nH]2)=C(c2nnn[nH]2)C(c2nnoc2-c2nnsc2-c2nnccc2-c2nccnc2-c2nc3c(-c4c(-c5[nH]c6ccccc6c5C5Oc6ccccc6O5)ccc5nn[nH]c45)cccc3[nH]2)N1c1n[nH]c2ccccc12. The molecule has 30 heteroatoms. The summed E-state index contributed by atoms with van der Waals surface area (Å²) in [7, 11) is 0. The molecule has 1 unspecified atom stereocenters. The van der Waals surface area contributed by atoms with E-state index in [1.807, 2.05) is 108 Å². The second-order valence-electron chi connectivity index (χ2n) is 20.4. The Hall–Kier alpha value is -13.0. The molecule has 16 aromatic rings.